The first-order valence-electron chi connectivity index (χ1n) is 5.91. The standard InChI is InChI=1S/C11H21BO/c1-8(2)13-11-7-6-9-4-3-5-10(11)12-9/h8-12H,3-7H2,1-2H3. The van der Waals surface area contributed by atoms with Crippen LogP contribution < -0.4 is 0 Å². The Morgan fingerprint density at radius 2 is 2.00 bits per heavy atom. The van der Waals surface area contributed by atoms with Crippen LogP contribution in [-0.2, 0) is 4.74 Å². The summed E-state index contributed by atoms with van der Waals surface area (Å²) in [6.07, 6.45) is 8.13. The third-order valence-corrected chi connectivity index (χ3v) is 3.66. The molecule has 2 aliphatic heterocycles. The van der Waals surface area contributed by atoms with Crippen LogP contribution in [0.3, 0.4) is 0 Å². The van der Waals surface area contributed by atoms with E-state index < -0.39 is 0 Å². The van der Waals surface area contributed by atoms with Crippen molar-refractivity contribution in [1.82, 2.24) is 0 Å². The predicted molar refractivity (Wildman–Crippen MR) is 57.7 cm³/mol. The molecule has 2 bridgehead atoms. The van der Waals surface area contributed by atoms with Crippen molar-refractivity contribution in [3.05, 3.63) is 0 Å². The molecule has 0 aromatic rings. The zero-order chi connectivity index (χ0) is 9.26. The molecular weight excluding hydrogens is 159 g/mol. The Morgan fingerprint density at radius 1 is 1.15 bits per heavy atom. The fourth-order valence-electron chi connectivity index (χ4n) is 3.10. The van der Waals surface area contributed by atoms with Gasteiger partial charge in [-0.3, -0.25) is 0 Å². The molecule has 13 heavy (non-hydrogen) atoms. The summed E-state index contributed by atoms with van der Waals surface area (Å²) in [6, 6.07) is 0. The van der Waals surface area contributed by atoms with Crippen LogP contribution in [0.15, 0.2) is 0 Å². The summed E-state index contributed by atoms with van der Waals surface area (Å²) in [5.41, 5.74) is 0. The molecule has 0 spiro atoms. The van der Waals surface area contributed by atoms with Crippen molar-refractivity contribution in [3.8, 4) is 0 Å². The second kappa shape index (κ2) is 4.04. The minimum Gasteiger partial charge on any atom is -0.376 e. The lowest BCUT2D eigenvalue weighted by Crippen LogP contribution is -2.35. The molecular formula is C11H21BO. The van der Waals surface area contributed by atoms with Gasteiger partial charge in [0.2, 0.25) is 0 Å². The monoisotopic (exact) mass is 180 g/mol. The molecule has 3 unspecified atom stereocenters. The zero-order valence-electron chi connectivity index (χ0n) is 8.96. The topological polar surface area (TPSA) is 9.23 Å². The maximum absolute atomic E-state index is 5.98. The SMILES string of the molecule is CC(C)OC1CCC2BC1CCC2. The Morgan fingerprint density at radius 3 is 2.77 bits per heavy atom. The van der Waals surface area contributed by atoms with E-state index in [2.05, 4.69) is 13.8 Å². The van der Waals surface area contributed by atoms with Crippen molar-refractivity contribution in [2.45, 2.75) is 69.8 Å². The molecule has 74 valence electrons. The number of ether oxygens (including phenoxy) is 1. The number of rotatable bonds is 2. The molecule has 0 aromatic heterocycles. The quantitative estimate of drug-likeness (QED) is 0.593. The Hall–Kier alpha value is 0.0249. The van der Waals surface area contributed by atoms with E-state index in [0.717, 1.165) is 11.6 Å². The van der Waals surface area contributed by atoms with Crippen molar-refractivity contribution in [2.75, 3.05) is 0 Å². The first kappa shape index (κ1) is 9.58. The van der Waals surface area contributed by atoms with Crippen LogP contribution in [0.2, 0.25) is 11.6 Å². The van der Waals surface area contributed by atoms with Gasteiger partial charge in [-0.2, -0.15) is 0 Å². The summed E-state index contributed by atoms with van der Waals surface area (Å²) in [4.78, 5) is 0. The lowest BCUT2D eigenvalue weighted by Gasteiger charge is -2.40. The van der Waals surface area contributed by atoms with E-state index in [-0.39, 0.29) is 0 Å². The largest absolute Gasteiger partial charge is 0.376 e. The maximum Gasteiger partial charge on any atom is 0.130 e. The average Bonchev–Trinajstić information content (AvgIpc) is 2.10. The molecule has 2 heteroatoms. The smallest absolute Gasteiger partial charge is 0.130 e. The highest BCUT2D eigenvalue weighted by atomic mass is 16.5. The van der Waals surface area contributed by atoms with Gasteiger partial charge in [-0.15, -0.1) is 0 Å². The maximum atomic E-state index is 5.98. The predicted octanol–water partition coefficient (Wildman–Crippen LogP) is 2.77. The molecule has 3 atom stereocenters. The molecule has 2 aliphatic rings. The van der Waals surface area contributed by atoms with E-state index >= 15 is 0 Å². The van der Waals surface area contributed by atoms with Crippen LogP contribution in [0.5, 0.6) is 0 Å². The van der Waals surface area contributed by atoms with Gasteiger partial charge in [0.25, 0.3) is 0 Å². The minimum atomic E-state index is 0.420. The molecule has 2 rings (SSSR count). The number of hydrogen-bond donors (Lipinski definition) is 0. The Labute approximate surface area is 82.5 Å². The fraction of sp³-hybridized carbons (Fsp3) is 1.00. The summed E-state index contributed by atoms with van der Waals surface area (Å²) in [5, 5.41) is 0. The second-order valence-electron chi connectivity index (χ2n) is 5.09. The van der Waals surface area contributed by atoms with Gasteiger partial charge in [-0.05, 0) is 26.1 Å². The summed E-state index contributed by atoms with van der Waals surface area (Å²) in [5.74, 6) is 1.95. The van der Waals surface area contributed by atoms with Crippen molar-refractivity contribution >= 4 is 7.28 Å². The van der Waals surface area contributed by atoms with E-state index in [1.807, 2.05) is 0 Å². The van der Waals surface area contributed by atoms with E-state index in [0.29, 0.717) is 12.2 Å². The van der Waals surface area contributed by atoms with Crippen molar-refractivity contribution in [1.29, 1.82) is 0 Å². The third kappa shape index (κ3) is 2.28. The number of hydrogen-bond acceptors (Lipinski definition) is 1. The van der Waals surface area contributed by atoms with E-state index in [1.54, 1.807) is 0 Å². The normalized spacial score (nSPS) is 38.8. The molecule has 0 N–H and O–H groups in total. The van der Waals surface area contributed by atoms with E-state index in [1.165, 1.54) is 39.4 Å². The van der Waals surface area contributed by atoms with Crippen LogP contribution in [0, 0.1) is 0 Å². The van der Waals surface area contributed by atoms with Gasteiger partial charge in [-0.25, -0.2) is 0 Å². The molecule has 2 saturated heterocycles. The van der Waals surface area contributed by atoms with Gasteiger partial charge in [0.1, 0.15) is 7.28 Å². The highest BCUT2D eigenvalue weighted by Gasteiger charge is 2.35. The highest BCUT2D eigenvalue weighted by Crippen LogP contribution is 2.42. The fourth-order valence-corrected chi connectivity index (χ4v) is 3.10. The highest BCUT2D eigenvalue weighted by molar-refractivity contribution is 6.40. The van der Waals surface area contributed by atoms with Gasteiger partial charge >= 0.3 is 0 Å². The van der Waals surface area contributed by atoms with Crippen molar-refractivity contribution in [2.24, 2.45) is 0 Å². The van der Waals surface area contributed by atoms with Crippen LogP contribution in [-0.4, -0.2) is 19.5 Å². The molecule has 0 aliphatic carbocycles. The van der Waals surface area contributed by atoms with Gasteiger partial charge in [0.15, 0.2) is 0 Å². The molecule has 0 amide bonds. The van der Waals surface area contributed by atoms with Crippen LogP contribution in [0.4, 0.5) is 0 Å². The molecule has 0 radical (unpaired) electrons. The van der Waals surface area contributed by atoms with Crippen molar-refractivity contribution < 1.29 is 4.74 Å². The Kier molecular flexibility index (Phi) is 2.97. The average molecular weight is 180 g/mol. The van der Waals surface area contributed by atoms with Gasteiger partial charge < -0.3 is 4.74 Å². The molecule has 1 nitrogen and oxygen atoms in total. The lowest BCUT2D eigenvalue weighted by atomic mass is 9.43. The number of fused-ring (bicyclic) bond motifs is 2. The Balaban J connectivity index is 1.90. The van der Waals surface area contributed by atoms with Crippen molar-refractivity contribution in [3.63, 3.8) is 0 Å². The van der Waals surface area contributed by atoms with E-state index in [4.69, 9.17) is 4.74 Å². The lowest BCUT2D eigenvalue weighted by molar-refractivity contribution is -0.0106. The molecule has 0 saturated carbocycles. The second-order valence-corrected chi connectivity index (χ2v) is 5.09. The van der Waals surface area contributed by atoms with Gasteiger partial charge in [0.05, 0.1) is 12.2 Å². The summed E-state index contributed by atoms with van der Waals surface area (Å²) >= 11 is 0. The van der Waals surface area contributed by atoms with Crippen LogP contribution >= 0.6 is 0 Å². The molecule has 2 fully saturated rings. The molecule has 2 heterocycles. The minimum absolute atomic E-state index is 0.420. The zero-order valence-corrected chi connectivity index (χ0v) is 8.96. The Bertz CT molecular complexity index is 169. The molecule has 0 aromatic carbocycles. The first-order valence-corrected chi connectivity index (χ1v) is 5.91. The summed E-state index contributed by atoms with van der Waals surface area (Å²) in [7, 11) is 1.46. The first-order chi connectivity index (χ1) is 6.25. The summed E-state index contributed by atoms with van der Waals surface area (Å²) < 4.78 is 5.98. The van der Waals surface area contributed by atoms with Gasteiger partial charge in [0, 0.05) is 0 Å². The third-order valence-electron chi connectivity index (χ3n) is 3.66. The van der Waals surface area contributed by atoms with E-state index in [9.17, 15) is 0 Å². The van der Waals surface area contributed by atoms with Crippen LogP contribution in [0.25, 0.3) is 0 Å². The van der Waals surface area contributed by atoms with Crippen LogP contribution in [0.1, 0.15) is 46.0 Å². The van der Waals surface area contributed by atoms with Gasteiger partial charge in [-0.1, -0.05) is 31.5 Å². The summed E-state index contributed by atoms with van der Waals surface area (Å²) in [6.45, 7) is 4.32.